The minimum atomic E-state index is 0.744. The summed E-state index contributed by atoms with van der Waals surface area (Å²) in [5, 5.41) is 4.07. The normalized spacial score (nSPS) is 10.0. The highest BCUT2D eigenvalue weighted by molar-refractivity contribution is 6.30. The van der Waals surface area contributed by atoms with Crippen LogP contribution < -0.4 is 5.32 Å². The van der Waals surface area contributed by atoms with Crippen molar-refractivity contribution in [1.82, 2.24) is 0 Å². The molecule has 2 rings (SSSR count). The zero-order valence-electron chi connectivity index (χ0n) is 8.50. The van der Waals surface area contributed by atoms with Gasteiger partial charge in [0.1, 0.15) is 0 Å². The molecule has 1 nitrogen and oxygen atoms in total. The Morgan fingerprint density at radius 2 is 1.80 bits per heavy atom. The molecule has 0 atom stereocenters. The van der Waals surface area contributed by atoms with Gasteiger partial charge in [-0.15, -0.1) is 0 Å². The van der Waals surface area contributed by atoms with Crippen molar-refractivity contribution in [3.8, 4) is 0 Å². The Labute approximate surface area is 94.7 Å². The Morgan fingerprint density at radius 1 is 1.00 bits per heavy atom. The van der Waals surface area contributed by atoms with Crippen LogP contribution in [0.15, 0.2) is 48.5 Å². The molecule has 0 radical (unpaired) electrons. The molecule has 2 aromatic rings. The summed E-state index contributed by atoms with van der Waals surface area (Å²) in [5.41, 5.74) is 3.34. The number of halogens is 1. The van der Waals surface area contributed by atoms with Gasteiger partial charge >= 0.3 is 0 Å². The molecule has 0 heterocycles. The molecule has 0 saturated carbocycles. The van der Waals surface area contributed by atoms with Crippen molar-refractivity contribution in [2.45, 2.75) is 6.92 Å². The summed E-state index contributed by atoms with van der Waals surface area (Å²) in [6.07, 6.45) is 0. The number of nitrogens with one attached hydrogen (secondary N) is 1. The number of benzene rings is 2. The molecule has 0 bridgehead atoms. The molecule has 2 heteroatoms. The van der Waals surface area contributed by atoms with Gasteiger partial charge in [0.05, 0.1) is 0 Å². The van der Waals surface area contributed by atoms with E-state index in [4.69, 9.17) is 11.6 Å². The number of aryl methyl sites for hydroxylation is 1. The monoisotopic (exact) mass is 217 g/mol. The summed E-state index contributed by atoms with van der Waals surface area (Å²) in [6.45, 7) is 2.08. The fraction of sp³-hybridized carbons (Fsp3) is 0.0769. The zero-order chi connectivity index (χ0) is 10.7. The van der Waals surface area contributed by atoms with Gasteiger partial charge in [0.2, 0.25) is 0 Å². The molecule has 0 fully saturated rings. The third-order valence-electron chi connectivity index (χ3n) is 2.25. The van der Waals surface area contributed by atoms with Gasteiger partial charge in [-0.1, -0.05) is 35.9 Å². The van der Waals surface area contributed by atoms with E-state index in [9.17, 15) is 0 Å². The van der Waals surface area contributed by atoms with Crippen molar-refractivity contribution in [3.05, 3.63) is 59.1 Å². The lowest BCUT2D eigenvalue weighted by atomic mass is 10.2. The lowest BCUT2D eigenvalue weighted by Crippen LogP contribution is -1.92. The highest BCUT2D eigenvalue weighted by Gasteiger charge is 1.97. The van der Waals surface area contributed by atoms with E-state index in [0.29, 0.717) is 0 Å². The molecule has 0 spiro atoms. The van der Waals surface area contributed by atoms with Gasteiger partial charge in [0, 0.05) is 16.4 Å². The third kappa shape index (κ3) is 2.51. The first-order valence-corrected chi connectivity index (χ1v) is 5.22. The molecule has 15 heavy (non-hydrogen) atoms. The first-order chi connectivity index (χ1) is 7.25. The van der Waals surface area contributed by atoms with E-state index in [1.165, 1.54) is 5.56 Å². The van der Waals surface area contributed by atoms with Crippen LogP contribution in [0.2, 0.25) is 5.02 Å². The molecule has 0 aliphatic carbocycles. The zero-order valence-corrected chi connectivity index (χ0v) is 9.25. The standard InChI is InChI=1S/C13H12ClN/c1-10-5-2-3-8-13(10)15-12-7-4-6-11(14)9-12/h2-9,15H,1H3. The third-order valence-corrected chi connectivity index (χ3v) is 2.48. The van der Waals surface area contributed by atoms with Crippen molar-refractivity contribution in [2.24, 2.45) is 0 Å². The Hall–Kier alpha value is -1.47. The van der Waals surface area contributed by atoms with Crippen molar-refractivity contribution in [3.63, 3.8) is 0 Å². The fourth-order valence-corrected chi connectivity index (χ4v) is 1.63. The molecule has 0 amide bonds. The molecule has 0 unspecified atom stereocenters. The predicted molar refractivity (Wildman–Crippen MR) is 65.9 cm³/mol. The van der Waals surface area contributed by atoms with Crippen LogP contribution in [0.1, 0.15) is 5.56 Å². The van der Waals surface area contributed by atoms with Gasteiger partial charge in [0.15, 0.2) is 0 Å². The highest BCUT2D eigenvalue weighted by Crippen LogP contribution is 2.22. The maximum Gasteiger partial charge on any atom is 0.0426 e. The summed E-state index contributed by atoms with van der Waals surface area (Å²) < 4.78 is 0. The first kappa shape index (κ1) is 10.1. The fourth-order valence-electron chi connectivity index (χ4n) is 1.43. The van der Waals surface area contributed by atoms with Gasteiger partial charge in [0.25, 0.3) is 0 Å². The smallest absolute Gasteiger partial charge is 0.0426 e. The Bertz CT molecular complexity index is 466. The molecule has 0 aliphatic rings. The average Bonchev–Trinajstić information content (AvgIpc) is 2.22. The quantitative estimate of drug-likeness (QED) is 0.787. The van der Waals surface area contributed by atoms with E-state index in [1.807, 2.05) is 36.4 Å². The number of anilines is 2. The lowest BCUT2D eigenvalue weighted by molar-refractivity contribution is 1.43. The molecule has 0 aromatic heterocycles. The predicted octanol–water partition coefficient (Wildman–Crippen LogP) is 4.39. The van der Waals surface area contributed by atoms with Crippen LogP contribution in [-0.2, 0) is 0 Å². The van der Waals surface area contributed by atoms with E-state index in [1.54, 1.807) is 0 Å². The molecular weight excluding hydrogens is 206 g/mol. The van der Waals surface area contributed by atoms with E-state index >= 15 is 0 Å². The van der Waals surface area contributed by atoms with Gasteiger partial charge in [-0.2, -0.15) is 0 Å². The van der Waals surface area contributed by atoms with Gasteiger partial charge in [-0.3, -0.25) is 0 Å². The van der Waals surface area contributed by atoms with E-state index in [0.717, 1.165) is 16.4 Å². The lowest BCUT2D eigenvalue weighted by Gasteiger charge is -2.09. The second-order valence-corrected chi connectivity index (χ2v) is 3.89. The van der Waals surface area contributed by atoms with Gasteiger partial charge < -0.3 is 5.32 Å². The second kappa shape index (κ2) is 4.37. The van der Waals surface area contributed by atoms with Gasteiger partial charge in [-0.25, -0.2) is 0 Å². The van der Waals surface area contributed by atoms with E-state index < -0.39 is 0 Å². The Balaban J connectivity index is 2.26. The summed E-state index contributed by atoms with van der Waals surface area (Å²) >= 11 is 5.91. The number of hydrogen-bond acceptors (Lipinski definition) is 1. The largest absolute Gasteiger partial charge is 0.355 e. The van der Waals surface area contributed by atoms with Crippen molar-refractivity contribution in [2.75, 3.05) is 5.32 Å². The van der Waals surface area contributed by atoms with Crippen molar-refractivity contribution >= 4 is 23.0 Å². The summed E-state index contributed by atoms with van der Waals surface area (Å²) in [4.78, 5) is 0. The maximum atomic E-state index is 5.91. The molecule has 0 aliphatic heterocycles. The number of para-hydroxylation sites is 1. The Kier molecular flexibility index (Phi) is 2.93. The molecule has 0 saturated heterocycles. The molecule has 1 N–H and O–H groups in total. The molecular formula is C13H12ClN. The second-order valence-electron chi connectivity index (χ2n) is 3.45. The van der Waals surface area contributed by atoms with Crippen LogP contribution in [-0.4, -0.2) is 0 Å². The molecule has 2 aromatic carbocycles. The van der Waals surface area contributed by atoms with Gasteiger partial charge in [-0.05, 0) is 36.8 Å². The van der Waals surface area contributed by atoms with Crippen LogP contribution in [0.5, 0.6) is 0 Å². The summed E-state index contributed by atoms with van der Waals surface area (Å²) in [7, 11) is 0. The highest BCUT2D eigenvalue weighted by atomic mass is 35.5. The average molecular weight is 218 g/mol. The van der Waals surface area contributed by atoms with Crippen molar-refractivity contribution in [1.29, 1.82) is 0 Å². The number of hydrogen-bond donors (Lipinski definition) is 1. The van der Waals surface area contributed by atoms with Crippen LogP contribution in [0.3, 0.4) is 0 Å². The molecule has 76 valence electrons. The van der Waals surface area contributed by atoms with Crippen LogP contribution >= 0.6 is 11.6 Å². The van der Waals surface area contributed by atoms with Crippen LogP contribution in [0, 0.1) is 6.92 Å². The van der Waals surface area contributed by atoms with Crippen molar-refractivity contribution < 1.29 is 0 Å². The maximum absolute atomic E-state index is 5.91. The van der Waals surface area contributed by atoms with E-state index in [-0.39, 0.29) is 0 Å². The van der Waals surface area contributed by atoms with E-state index in [2.05, 4.69) is 24.4 Å². The Morgan fingerprint density at radius 3 is 2.53 bits per heavy atom. The first-order valence-electron chi connectivity index (χ1n) is 4.84. The minimum Gasteiger partial charge on any atom is -0.355 e. The number of rotatable bonds is 2. The SMILES string of the molecule is Cc1ccccc1Nc1cccc(Cl)c1. The van der Waals surface area contributed by atoms with Crippen LogP contribution in [0.25, 0.3) is 0 Å². The van der Waals surface area contributed by atoms with Crippen LogP contribution in [0.4, 0.5) is 11.4 Å². The summed E-state index contributed by atoms with van der Waals surface area (Å²) in [5.74, 6) is 0. The topological polar surface area (TPSA) is 12.0 Å². The summed E-state index contributed by atoms with van der Waals surface area (Å²) in [6, 6.07) is 15.9. The minimum absolute atomic E-state index is 0.744.